The van der Waals surface area contributed by atoms with E-state index in [1.54, 1.807) is 25.4 Å². The quantitative estimate of drug-likeness (QED) is 0.713. The van der Waals surface area contributed by atoms with Gasteiger partial charge in [0, 0.05) is 19.7 Å². The summed E-state index contributed by atoms with van der Waals surface area (Å²) in [5.74, 6) is 0.410. The van der Waals surface area contributed by atoms with E-state index in [1.807, 2.05) is 13.8 Å². The Kier molecular flexibility index (Phi) is 4.63. The van der Waals surface area contributed by atoms with Gasteiger partial charge < -0.3 is 9.47 Å². The van der Waals surface area contributed by atoms with Crippen LogP contribution in [-0.4, -0.2) is 30.6 Å². The van der Waals surface area contributed by atoms with Crippen LogP contribution >= 0.6 is 0 Å². The first-order chi connectivity index (χ1) is 8.00. The molecule has 0 spiro atoms. The summed E-state index contributed by atoms with van der Waals surface area (Å²) >= 11 is 0. The topological polar surface area (TPSA) is 48.4 Å². The molecular formula is C13H19NO3. The van der Waals surface area contributed by atoms with Crippen LogP contribution < -0.4 is 4.74 Å². The van der Waals surface area contributed by atoms with E-state index < -0.39 is 0 Å². The molecule has 0 aromatic carbocycles. The van der Waals surface area contributed by atoms with Crippen LogP contribution in [0.5, 0.6) is 5.88 Å². The van der Waals surface area contributed by atoms with Crippen molar-refractivity contribution in [1.82, 2.24) is 4.98 Å². The molecule has 1 aromatic heterocycles. The zero-order valence-corrected chi connectivity index (χ0v) is 10.8. The summed E-state index contributed by atoms with van der Waals surface area (Å²) in [7, 11) is 3.16. The minimum Gasteiger partial charge on any atom is -0.480 e. The number of carbonyl (C=O) groups excluding carboxylic acids is 1. The average Bonchev–Trinajstić information content (AvgIpc) is 2.36. The first kappa shape index (κ1) is 13.6. The highest BCUT2D eigenvalue weighted by Crippen LogP contribution is 2.21. The van der Waals surface area contributed by atoms with Crippen molar-refractivity contribution in [2.45, 2.75) is 32.3 Å². The highest BCUT2D eigenvalue weighted by atomic mass is 16.5. The van der Waals surface area contributed by atoms with Crippen LogP contribution in [0.2, 0.25) is 0 Å². The average molecular weight is 237 g/mol. The van der Waals surface area contributed by atoms with Crippen LogP contribution in [0.15, 0.2) is 18.3 Å². The Labute approximate surface area is 102 Å². The summed E-state index contributed by atoms with van der Waals surface area (Å²) in [6, 6.07) is 3.46. The number of aromatic nitrogens is 1. The molecule has 0 aliphatic heterocycles. The number of methoxy groups -OCH3 is 2. The van der Waals surface area contributed by atoms with E-state index >= 15 is 0 Å². The third-order valence-electron chi connectivity index (χ3n) is 2.77. The molecule has 0 bridgehead atoms. The van der Waals surface area contributed by atoms with Crippen molar-refractivity contribution in [2.24, 2.45) is 0 Å². The number of carbonyl (C=O) groups is 1. The van der Waals surface area contributed by atoms with Crippen LogP contribution in [0.3, 0.4) is 0 Å². The number of ether oxygens (including phenoxy) is 2. The second-order valence-corrected chi connectivity index (χ2v) is 4.45. The van der Waals surface area contributed by atoms with Crippen molar-refractivity contribution in [3.05, 3.63) is 23.9 Å². The van der Waals surface area contributed by atoms with Crippen molar-refractivity contribution in [3.8, 4) is 5.88 Å². The lowest BCUT2D eigenvalue weighted by molar-refractivity contribution is 0.0141. The predicted molar refractivity (Wildman–Crippen MR) is 65.4 cm³/mol. The molecule has 0 N–H and O–H groups in total. The van der Waals surface area contributed by atoms with Gasteiger partial charge in [0.2, 0.25) is 5.88 Å². The number of nitrogens with zero attached hydrogens (tertiary/aromatic N) is 1. The molecule has 4 nitrogen and oxygen atoms in total. The van der Waals surface area contributed by atoms with Gasteiger partial charge in [-0.2, -0.15) is 0 Å². The number of hydrogen-bond donors (Lipinski definition) is 0. The lowest BCUT2D eigenvalue weighted by Gasteiger charge is -2.22. The fourth-order valence-corrected chi connectivity index (χ4v) is 1.42. The Hall–Kier alpha value is -1.42. The van der Waals surface area contributed by atoms with Crippen molar-refractivity contribution < 1.29 is 14.3 Å². The van der Waals surface area contributed by atoms with E-state index in [2.05, 4.69) is 4.98 Å². The van der Waals surface area contributed by atoms with Gasteiger partial charge >= 0.3 is 0 Å². The Balaban J connectivity index is 2.70. The summed E-state index contributed by atoms with van der Waals surface area (Å²) in [6.07, 6.45) is 2.69. The van der Waals surface area contributed by atoms with E-state index in [0.717, 1.165) is 0 Å². The summed E-state index contributed by atoms with van der Waals surface area (Å²) in [6.45, 7) is 3.92. The molecule has 1 aromatic rings. The van der Waals surface area contributed by atoms with Crippen LogP contribution in [0.25, 0.3) is 0 Å². The van der Waals surface area contributed by atoms with Crippen molar-refractivity contribution in [1.29, 1.82) is 0 Å². The molecular weight excluding hydrogens is 218 g/mol. The molecule has 1 heterocycles. The minimum absolute atomic E-state index is 0.0278. The molecule has 1 rings (SSSR count). The van der Waals surface area contributed by atoms with Gasteiger partial charge in [0.25, 0.3) is 0 Å². The Bertz CT molecular complexity index is 388. The summed E-state index contributed by atoms with van der Waals surface area (Å²) in [5, 5.41) is 0. The standard InChI is InChI=1S/C13H19NO3/c1-13(2,17-4)8-7-11(15)10-6-5-9-14-12(10)16-3/h5-6,9H,7-8H2,1-4H3. The first-order valence-electron chi connectivity index (χ1n) is 5.57. The van der Waals surface area contributed by atoms with Gasteiger partial charge in [-0.15, -0.1) is 0 Å². The van der Waals surface area contributed by atoms with Crippen molar-refractivity contribution in [3.63, 3.8) is 0 Å². The molecule has 0 saturated heterocycles. The van der Waals surface area contributed by atoms with E-state index in [-0.39, 0.29) is 11.4 Å². The van der Waals surface area contributed by atoms with Crippen molar-refractivity contribution >= 4 is 5.78 Å². The first-order valence-corrected chi connectivity index (χ1v) is 5.57. The smallest absolute Gasteiger partial charge is 0.224 e. The van der Waals surface area contributed by atoms with Gasteiger partial charge in [-0.25, -0.2) is 4.98 Å². The zero-order valence-electron chi connectivity index (χ0n) is 10.8. The third-order valence-corrected chi connectivity index (χ3v) is 2.77. The number of rotatable bonds is 6. The minimum atomic E-state index is -0.287. The Morgan fingerprint density at radius 3 is 2.71 bits per heavy atom. The molecule has 94 valence electrons. The van der Waals surface area contributed by atoms with Gasteiger partial charge in [0.05, 0.1) is 18.3 Å². The summed E-state index contributed by atoms with van der Waals surface area (Å²) < 4.78 is 10.3. The van der Waals surface area contributed by atoms with E-state index in [1.165, 1.54) is 7.11 Å². The maximum Gasteiger partial charge on any atom is 0.224 e. The molecule has 0 atom stereocenters. The molecule has 0 aliphatic carbocycles. The van der Waals surface area contributed by atoms with Crippen LogP contribution in [0.1, 0.15) is 37.0 Å². The van der Waals surface area contributed by atoms with E-state index in [4.69, 9.17) is 9.47 Å². The second kappa shape index (κ2) is 5.77. The number of pyridine rings is 1. The van der Waals surface area contributed by atoms with Gasteiger partial charge in [0.15, 0.2) is 5.78 Å². The Morgan fingerprint density at radius 2 is 2.12 bits per heavy atom. The van der Waals surface area contributed by atoms with Gasteiger partial charge in [-0.05, 0) is 32.4 Å². The normalized spacial score (nSPS) is 11.3. The molecule has 0 unspecified atom stereocenters. The maximum absolute atomic E-state index is 12.0. The SMILES string of the molecule is COc1ncccc1C(=O)CCC(C)(C)OC. The highest BCUT2D eigenvalue weighted by molar-refractivity contribution is 5.98. The monoisotopic (exact) mass is 237 g/mol. The van der Waals surface area contributed by atoms with Gasteiger partial charge in [0.1, 0.15) is 0 Å². The molecule has 4 heteroatoms. The van der Waals surface area contributed by atoms with E-state index in [9.17, 15) is 4.79 Å². The molecule has 0 radical (unpaired) electrons. The summed E-state index contributed by atoms with van der Waals surface area (Å²) in [5.41, 5.74) is 0.243. The van der Waals surface area contributed by atoms with Crippen LogP contribution in [-0.2, 0) is 4.74 Å². The highest BCUT2D eigenvalue weighted by Gasteiger charge is 2.20. The molecule has 0 saturated carbocycles. The fraction of sp³-hybridized carbons (Fsp3) is 0.538. The van der Waals surface area contributed by atoms with Gasteiger partial charge in [-0.3, -0.25) is 4.79 Å². The number of hydrogen-bond acceptors (Lipinski definition) is 4. The lowest BCUT2D eigenvalue weighted by Crippen LogP contribution is -2.23. The fourth-order valence-electron chi connectivity index (χ4n) is 1.42. The number of Topliss-reactive ketones (excluding diaryl/α,β-unsaturated/α-hetero) is 1. The molecule has 0 fully saturated rings. The largest absolute Gasteiger partial charge is 0.480 e. The van der Waals surface area contributed by atoms with Crippen LogP contribution in [0, 0.1) is 0 Å². The molecule has 17 heavy (non-hydrogen) atoms. The molecule has 0 amide bonds. The maximum atomic E-state index is 12.0. The predicted octanol–water partition coefficient (Wildman–Crippen LogP) is 2.48. The van der Waals surface area contributed by atoms with Gasteiger partial charge in [-0.1, -0.05) is 0 Å². The van der Waals surface area contributed by atoms with E-state index in [0.29, 0.717) is 24.3 Å². The summed E-state index contributed by atoms with van der Waals surface area (Å²) in [4.78, 5) is 16.0. The Morgan fingerprint density at radius 1 is 1.41 bits per heavy atom. The van der Waals surface area contributed by atoms with Crippen molar-refractivity contribution in [2.75, 3.05) is 14.2 Å². The molecule has 0 aliphatic rings. The third kappa shape index (κ3) is 3.82. The second-order valence-electron chi connectivity index (χ2n) is 4.45. The van der Waals surface area contributed by atoms with Crippen LogP contribution in [0.4, 0.5) is 0 Å². The number of ketones is 1. The lowest BCUT2D eigenvalue weighted by atomic mass is 9.98. The zero-order chi connectivity index (χ0) is 12.9.